The van der Waals surface area contributed by atoms with Crippen LogP contribution in [0.5, 0.6) is 0 Å². The minimum atomic E-state index is 0.0196. The van der Waals surface area contributed by atoms with Crippen LogP contribution in [0.15, 0.2) is 29.1 Å². The van der Waals surface area contributed by atoms with E-state index in [2.05, 4.69) is 11.9 Å². The molecule has 1 aliphatic carbocycles. The van der Waals surface area contributed by atoms with Crippen molar-refractivity contribution in [2.45, 2.75) is 25.3 Å². The van der Waals surface area contributed by atoms with E-state index in [4.69, 9.17) is 0 Å². The number of H-pyrrole nitrogens is 1. The number of aromatic amines is 1. The molecule has 1 fully saturated rings. The van der Waals surface area contributed by atoms with Crippen LogP contribution in [0.25, 0.3) is 11.0 Å². The minimum Gasteiger partial charge on any atom is -0.306 e. The molecule has 3 nitrogen and oxygen atoms in total. The van der Waals surface area contributed by atoms with E-state index in [-0.39, 0.29) is 11.2 Å². The highest BCUT2D eigenvalue weighted by Crippen LogP contribution is 2.43. The lowest BCUT2D eigenvalue weighted by atomic mass is 10.2. The van der Waals surface area contributed by atoms with Gasteiger partial charge in [-0.15, -0.1) is 0 Å². The van der Waals surface area contributed by atoms with Crippen LogP contribution < -0.4 is 5.69 Å². The van der Waals surface area contributed by atoms with Crippen molar-refractivity contribution in [3.8, 4) is 0 Å². The van der Waals surface area contributed by atoms with E-state index in [0.717, 1.165) is 23.9 Å². The van der Waals surface area contributed by atoms with E-state index in [1.54, 1.807) is 0 Å². The van der Waals surface area contributed by atoms with Crippen LogP contribution in [0.4, 0.5) is 0 Å². The van der Waals surface area contributed by atoms with Crippen molar-refractivity contribution < 1.29 is 0 Å². The van der Waals surface area contributed by atoms with Crippen LogP contribution in [0.3, 0.4) is 0 Å². The largest absolute Gasteiger partial charge is 0.326 e. The smallest absolute Gasteiger partial charge is 0.306 e. The lowest BCUT2D eigenvalue weighted by molar-refractivity contribution is 0.531. The quantitative estimate of drug-likeness (QED) is 0.728. The third-order valence-corrected chi connectivity index (χ3v) is 3.10. The normalized spacial score (nSPS) is 18.6. The van der Waals surface area contributed by atoms with E-state index < -0.39 is 0 Å². The zero-order valence-electron chi connectivity index (χ0n) is 8.08. The van der Waals surface area contributed by atoms with Gasteiger partial charge in [-0.05, 0) is 31.9 Å². The third kappa shape index (κ3) is 0.895. The standard InChI is InChI=1S/C11H12N2O/c1-11(6-7-11)13-9-5-3-2-4-8(9)12-10(13)14/h2-5H,6-7H2,1H3,(H,12,14). The molecule has 1 saturated carbocycles. The van der Waals surface area contributed by atoms with Gasteiger partial charge in [0.25, 0.3) is 0 Å². The van der Waals surface area contributed by atoms with Gasteiger partial charge < -0.3 is 4.98 Å². The second kappa shape index (κ2) is 2.29. The summed E-state index contributed by atoms with van der Waals surface area (Å²) >= 11 is 0. The zero-order valence-corrected chi connectivity index (χ0v) is 8.08. The first kappa shape index (κ1) is 7.85. The van der Waals surface area contributed by atoms with E-state index in [1.807, 2.05) is 28.8 Å². The molecule has 72 valence electrons. The molecule has 0 radical (unpaired) electrons. The summed E-state index contributed by atoms with van der Waals surface area (Å²) in [5.74, 6) is 0. The van der Waals surface area contributed by atoms with Crippen molar-refractivity contribution in [1.82, 2.24) is 9.55 Å². The fourth-order valence-electron chi connectivity index (χ4n) is 2.00. The highest BCUT2D eigenvalue weighted by molar-refractivity contribution is 5.75. The SMILES string of the molecule is CC1(n2c(=O)[nH]c3ccccc32)CC1. The van der Waals surface area contributed by atoms with Gasteiger partial charge in [0.05, 0.1) is 11.0 Å². The summed E-state index contributed by atoms with van der Waals surface area (Å²) in [6.07, 6.45) is 2.21. The van der Waals surface area contributed by atoms with Gasteiger partial charge in [0.2, 0.25) is 0 Å². The highest BCUT2D eigenvalue weighted by atomic mass is 16.1. The van der Waals surface area contributed by atoms with Crippen LogP contribution in [0.1, 0.15) is 19.8 Å². The van der Waals surface area contributed by atoms with E-state index in [9.17, 15) is 4.79 Å². The number of hydrogen-bond donors (Lipinski definition) is 1. The molecule has 1 N–H and O–H groups in total. The van der Waals surface area contributed by atoms with Gasteiger partial charge in [0.15, 0.2) is 0 Å². The number of benzene rings is 1. The van der Waals surface area contributed by atoms with Crippen LogP contribution in [-0.4, -0.2) is 9.55 Å². The summed E-state index contributed by atoms with van der Waals surface area (Å²) in [5, 5.41) is 0. The Morgan fingerprint density at radius 3 is 2.79 bits per heavy atom. The number of imidazole rings is 1. The molecule has 3 heteroatoms. The van der Waals surface area contributed by atoms with Crippen LogP contribution in [0.2, 0.25) is 0 Å². The van der Waals surface area contributed by atoms with Gasteiger partial charge in [-0.2, -0.15) is 0 Å². The molecular weight excluding hydrogens is 176 g/mol. The summed E-state index contributed by atoms with van der Waals surface area (Å²) in [4.78, 5) is 14.6. The molecule has 0 atom stereocenters. The van der Waals surface area contributed by atoms with E-state index in [1.165, 1.54) is 0 Å². The molecule has 0 aliphatic heterocycles. The summed E-state index contributed by atoms with van der Waals surface area (Å²) in [6.45, 7) is 2.13. The zero-order chi connectivity index (χ0) is 9.76. The Morgan fingerprint density at radius 1 is 1.36 bits per heavy atom. The Kier molecular flexibility index (Phi) is 1.29. The summed E-state index contributed by atoms with van der Waals surface area (Å²) in [6, 6.07) is 7.85. The van der Waals surface area contributed by atoms with E-state index >= 15 is 0 Å². The molecule has 3 rings (SSSR count). The number of hydrogen-bond acceptors (Lipinski definition) is 1. The topological polar surface area (TPSA) is 37.8 Å². The Balaban J connectivity index is 2.42. The van der Waals surface area contributed by atoms with Crippen molar-refractivity contribution in [1.29, 1.82) is 0 Å². The Labute approximate surface area is 81.4 Å². The summed E-state index contributed by atoms with van der Waals surface area (Å²) in [5.41, 5.74) is 2.05. The first-order chi connectivity index (χ1) is 6.71. The highest BCUT2D eigenvalue weighted by Gasteiger charge is 2.41. The number of nitrogens with one attached hydrogen (secondary N) is 1. The molecule has 0 unspecified atom stereocenters. The maximum atomic E-state index is 11.7. The fraction of sp³-hybridized carbons (Fsp3) is 0.364. The van der Waals surface area contributed by atoms with Crippen LogP contribution in [-0.2, 0) is 5.54 Å². The van der Waals surface area contributed by atoms with Crippen molar-refractivity contribution in [2.75, 3.05) is 0 Å². The van der Waals surface area contributed by atoms with Gasteiger partial charge in [-0.1, -0.05) is 12.1 Å². The number of nitrogens with zero attached hydrogens (tertiary/aromatic N) is 1. The summed E-state index contributed by atoms with van der Waals surface area (Å²) in [7, 11) is 0. The van der Waals surface area contributed by atoms with Gasteiger partial charge in [-0.25, -0.2) is 4.79 Å². The van der Waals surface area contributed by atoms with E-state index in [0.29, 0.717) is 0 Å². The monoisotopic (exact) mass is 188 g/mol. The average molecular weight is 188 g/mol. The molecular formula is C11H12N2O. The molecule has 2 aromatic rings. The lowest BCUT2D eigenvalue weighted by Crippen LogP contribution is -2.25. The Morgan fingerprint density at radius 2 is 2.07 bits per heavy atom. The molecule has 1 aromatic carbocycles. The third-order valence-electron chi connectivity index (χ3n) is 3.10. The molecule has 1 heterocycles. The molecule has 0 bridgehead atoms. The number of aromatic nitrogens is 2. The first-order valence-corrected chi connectivity index (χ1v) is 4.91. The summed E-state index contributed by atoms with van der Waals surface area (Å²) < 4.78 is 1.89. The molecule has 1 aliphatic rings. The maximum Gasteiger partial charge on any atom is 0.326 e. The fourth-order valence-corrected chi connectivity index (χ4v) is 2.00. The van der Waals surface area contributed by atoms with Gasteiger partial charge in [0, 0.05) is 5.54 Å². The second-order valence-corrected chi connectivity index (χ2v) is 4.28. The maximum absolute atomic E-state index is 11.7. The number of rotatable bonds is 1. The van der Waals surface area contributed by atoms with Gasteiger partial charge in [0.1, 0.15) is 0 Å². The number of para-hydroxylation sites is 2. The molecule has 0 saturated heterocycles. The van der Waals surface area contributed by atoms with Gasteiger partial charge >= 0.3 is 5.69 Å². The van der Waals surface area contributed by atoms with Crippen molar-refractivity contribution >= 4 is 11.0 Å². The van der Waals surface area contributed by atoms with Crippen LogP contribution >= 0.6 is 0 Å². The predicted molar refractivity (Wildman–Crippen MR) is 55.4 cm³/mol. The van der Waals surface area contributed by atoms with Crippen molar-refractivity contribution in [3.63, 3.8) is 0 Å². The lowest BCUT2D eigenvalue weighted by Gasteiger charge is -2.09. The van der Waals surface area contributed by atoms with Gasteiger partial charge in [-0.3, -0.25) is 4.57 Å². The minimum absolute atomic E-state index is 0.0196. The average Bonchev–Trinajstić information content (AvgIpc) is 2.79. The first-order valence-electron chi connectivity index (χ1n) is 4.91. The van der Waals surface area contributed by atoms with Crippen LogP contribution in [0, 0.1) is 0 Å². The number of fused-ring (bicyclic) bond motifs is 1. The van der Waals surface area contributed by atoms with Crippen molar-refractivity contribution in [3.05, 3.63) is 34.7 Å². The van der Waals surface area contributed by atoms with Crippen molar-refractivity contribution in [2.24, 2.45) is 0 Å². The molecule has 1 aromatic heterocycles. The Hall–Kier alpha value is -1.51. The molecule has 14 heavy (non-hydrogen) atoms. The molecule has 0 spiro atoms. The molecule has 0 amide bonds. The predicted octanol–water partition coefficient (Wildman–Crippen LogP) is 1.84. The Bertz CT molecular complexity index is 546. The second-order valence-electron chi connectivity index (χ2n) is 4.28.